The highest BCUT2D eigenvalue weighted by molar-refractivity contribution is 5.41. The molecule has 5 nitrogen and oxygen atoms in total. The molecule has 1 aromatic rings. The second-order valence-corrected chi connectivity index (χ2v) is 5.42. The molecule has 1 aromatic heterocycles. The Bertz CT molecular complexity index is 420. The van der Waals surface area contributed by atoms with E-state index >= 15 is 0 Å². The fraction of sp³-hybridized carbons (Fsp3) is 0.714. The Morgan fingerprint density at radius 3 is 2.89 bits per heavy atom. The van der Waals surface area contributed by atoms with Crippen molar-refractivity contribution in [2.24, 2.45) is 0 Å². The van der Waals surface area contributed by atoms with Crippen molar-refractivity contribution in [1.82, 2.24) is 14.9 Å². The number of anilines is 1. The molecule has 0 spiro atoms. The maximum Gasteiger partial charge on any atom is 0.132 e. The molecule has 1 unspecified atom stereocenters. The first kappa shape index (κ1) is 12.8. The van der Waals surface area contributed by atoms with Gasteiger partial charge in [0, 0.05) is 44.0 Å². The summed E-state index contributed by atoms with van der Waals surface area (Å²) in [6.45, 7) is 8.15. The Morgan fingerprint density at radius 1 is 1.26 bits per heavy atom. The Kier molecular flexibility index (Phi) is 3.94. The molecule has 3 rings (SSSR count). The van der Waals surface area contributed by atoms with Crippen LogP contribution in [0.4, 0.5) is 5.82 Å². The molecule has 2 fully saturated rings. The van der Waals surface area contributed by atoms with E-state index in [1.807, 2.05) is 6.92 Å². The first-order valence-electron chi connectivity index (χ1n) is 7.18. The molecule has 5 heteroatoms. The van der Waals surface area contributed by atoms with E-state index in [1.165, 1.54) is 12.8 Å². The van der Waals surface area contributed by atoms with Gasteiger partial charge in [-0.25, -0.2) is 9.97 Å². The number of aryl methyl sites for hydroxylation is 1. The number of aromatic nitrogens is 2. The molecule has 0 radical (unpaired) electrons. The van der Waals surface area contributed by atoms with Crippen LogP contribution in [0, 0.1) is 6.92 Å². The van der Waals surface area contributed by atoms with E-state index < -0.39 is 0 Å². The highest BCUT2D eigenvalue weighted by Crippen LogP contribution is 2.24. The van der Waals surface area contributed by atoms with Crippen molar-refractivity contribution in [2.45, 2.75) is 25.8 Å². The van der Waals surface area contributed by atoms with Crippen LogP contribution in [0.2, 0.25) is 0 Å². The molecule has 0 aromatic carbocycles. The smallest absolute Gasteiger partial charge is 0.132 e. The number of nitrogens with zero attached hydrogens (tertiary/aromatic N) is 4. The third-order valence-corrected chi connectivity index (χ3v) is 4.03. The molecule has 2 saturated heterocycles. The van der Waals surface area contributed by atoms with E-state index in [4.69, 9.17) is 4.74 Å². The van der Waals surface area contributed by atoms with Gasteiger partial charge >= 0.3 is 0 Å². The third kappa shape index (κ3) is 3.04. The van der Waals surface area contributed by atoms with E-state index in [1.54, 1.807) is 6.33 Å². The van der Waals surface area contributed by atoms with Gasteiger partial charge in [-0.1, -0.05) is 0 Å². The van der Waals surface area contributed by atoms with Crippen molar-refractivity contribution in [1.29, 1.82) is 0 Å². The molecule has 0 amide bonds. The van der Waals surface area contributed by atoms with Crippen LogP contribution >= 0.6 is 0 Å². The van der Waals surface area contributed by atoms with E-state index in [0.717, 1.165) is 50.9 Å². The molecule has 19 heavy (non-hydrogen) atoms. The summed E-state index contributed by atoms with van der Waals surface area (Å²) >= 11 is 0. The number of hydrogen-bond acceptors (Lipinski definition) is 5. The van der Waals surface area contributed by atoms with Crippen LogP contribution in [0.1, 0.15) is 18.5 Å². The fourth-order valence-corrected chi connectivity index (χ4v) is 3.01. The zero-order chi connectivity index (χ0) is 13.1. The Balaban J connectivity index is 1.67. The lowest BCUT2D eigenvalue weighted by molar-refractivity contribution is 0.0354. The van der Waals surface area contributed by atoms with Gasteiger partial charge in [-0.05, 0) is 19.8 Å². The topological polar surface area (TPSA) is 41.5 Å². The molecule has 1 atom stereocenters. The van der Waals surface area contributed by atoms with Gasteiger partial charge < -0.3 is 9.64 Å². The zero-order valence-corrected chi connectivity index (χ0v) is 11.6. The first-order chi connectivity index (χ1) is 9.33. The summed E-state index contributed by atoms with van der Waals surface area (Å²) in [6, 6.07) is 2.69. The normalized spacial score (nSPS) is 24.9. The van der Waals surface area contributed by atoms with Crippen LogP contribution in [0.5, 0.6) is 0 Å². The molecule has 0 aliphatic carbocycles. The van der Waals surface area contributed by atoms with Gasteiger partial charge in [0.1, 0.15) is 12.1 Å². The lowest BCUT2D eigenvalue weighted by atomic mass is 10.2. The average molecular weight is 262 g/mol. The fourth-order valence-electron chi connectivity index (χ4n) is 3.01. The summed E-state index contributed by atoms with van der Waals surface area (Å²) in [5.41, 5.74) is 1.04. The first-order valence-corrected chi connectivity index (χ1v) is 7.18. The van der Waals surface area contributed by atoms with Crippen molar-refractivity contribution < 1.29 is 4.74 Å². The maximum absolute atomic E-state index is 5.42. The van der Waals surface area contributed by atoms with Gasteiger partial charge in [0.05, 0.1) is 13.2 Å². The molecule has 0 bridgehead atoms. The summed E-state index contributed by atoms with van der Waals surface area (Å²) in [5, 5.41) is 0. The minimum atomic E-state index is 0.590. The molecule has 0 N–H and O–H groups in total. The quantitative estimate of drug-likeness (QED) is 0.815. The number of hydrogen-bond donors (Lipinski definition) is 0. The summed E-state index contributed by atoms with van der Waals surface area (Å²) in [6.07, 6.45) is 4.20. The number of rotatable bonds is 3. The maximum atomic E-state index is 5.42. The van der Waals surface area contributed by atoms with Gasteiger partial charge in [0.15, 0.2) is 0 Å². The lowest BCUT2D eigenvalue weighted by Crippen LogP contribution is -2.45. The molecule has 3 heterocycles. The predicted octanol–water partition coefficient (Wildman–Crippen LogP) is 1.09. The van der Waals surface area contributed by atoms with E-state index in [0.29, 0.717) is 6.04 Å². The molecular weight excluding hydrogens is 240 g/mol. The van der Waals surface area contributed by atoms with E-state index in [2.05, 4.69) is 25.8 Å². The van der Waals surface area contributed by atoms with Gasteiger partial charge in [-0.3, -0.25) is 4.90 Å². The largest absolute Gasteiger partial charge is 0.379 e. The van der Waals surface area contributed by atoms with Crippen molar-refractivity contribution in [2.75, 3.05) is 44.3 Å². The van der Waals surface area contributed by atoms with Crippen LogP contribution in [-0.4, -0.2) is 60.3 Å². The summed E-state index contributed by atoms with van der Waals surface area (Å²) in [4.78, 5) is 13.6. The Labute approximate surface area is 114 Å². The highest BCUT2D eigenvalue weighted by atomic mass is 16.5. The molecular formula is C14H22N4O. The van der Waals surface area contributed by atoms with Crippen LogP contribution in [0.3, 0.4) is 0 Å². The van der Waals surface area contributed by atoms with Crippen molar-refractivity contribution in [3.63, 3.8) is 0 Å². The number of morpholine rings is 1. The minimum absolute atomic E-state index is 0.590. The molecule has 0 saturated carbocycles. The third-order valence-electron chi connectivity index (χ3n) is 4.03. The van der Waals surface area contributed by atoms with Crippen LogP contribution < -0.4 is 4.90 Å². The lowest BCUT2D eigenvalue weighted by Gasteiger charge is -2.33. The van der Waals surface area contributed by atoms with Gasteiger partial charge in [0.25, 0.3) is 0 Å². The Hall–Kier alpha value is -1.20. The predicted molar refractivity (Wildman–Crippen MR) is 74.4 cm³/mol. The van der Waals surface area contributed by atoms with Gasteiger partial charge in [0.2, 0.25) is 0 Å². The highest BCUT2D eigenvalue weighted by Gasteiger charge is 2.28. The average Bonchev–Trinajstić information content (AvgIpc) is 2.88. The SMILES string of the molecule is Cc1cc(N2CCCC2CN2CCOCC2)ncn1. The second-order valence-electron chi connectivity index (χ2n) is 5.42. The van der Waals surface area contributed by atoms with Gasteiger partial charge in [-0.2, -0.15) is 0 Å². The van der Waals surface area contributed by atoms with Crippen LogP contribution in [-0.2, 0) is 4.74 Å². The van der Waals surface area contributed by atoms with Crippen LogP contribution in [0.25, 0.3) is 0 Å². The summed E-state index contributed by atoms with van der Waals surface area (Å²) in [7, 11) is 0. The number of ether oxygens (including phenoxy) is 1. The standard InChI is InChI=1S/C14H22N4O/c1-12-9-14(16-11-15-12)18-4-2-3-13(18)10-17-5-7-19-8-6-17/h9,11,13H,2-8,10H2,1H3. The second kappa shape index (κ2) is 5.84. The monoisotopic (exact) mass is 262 g/mol. The molecule has 2 aliphatic heterocycles. The van der Waals surface area contributed by atoms with E-state index in [-0.39, 0.29) is 0 Å². The zero-order valence-electron chi connectivity index (χ0n) is 11.6. The summed E-state index contributed by atoms with van der Waals surface area (Å²) in [5.74, 6) is 1.09. The van der Waals surface area contributed by atoms with E-state index in [9.17, 15) is 0 Å². The molecule has 2 aliphatic rings. The Morgan fingerprint density at radius 2 is 2.11 bits per heavy atom. The summed E-state index contributed by atoms with van der Waals surface area (Å²) < 4.78 is 5.42. The van der Waals surface area contributed by atoms with Crippen LogP contribution in [0.15, 0.2) is 12.4 Å². The molecule has 104 valence electrons. The van der Waals surface area contributed by atoms with Crippen molar-refractivity contribution >= 4 is 5.82 Å². The van der Waals surface area contributed by atoms with Gasteiger partial charge in [-0.15, -0.1) is 0 Å². The minimum Gasteiger partial charge on any atom is -0.379 e. The van der Waals surface area contributed by atoms with Crippen molar-refractivity contribution in [3.8, 4) is 0 Å². The van der Waals surface area contributed by atoms with Crippen molar-refractivity contribution in [3.05, 3.63) is 18.1 Å².